The Labute approximate surface area is 144 Å². The van der Waals surface area contributed by atoms with Gasteiger partial charge in [-0.2, -0.15) is 0 Å². The minimum atomic E-state index is -0.520. The Bertz CT molecular complexity index is 744. The Kier molecular flexibility index (Phi) is 3.25. The fraction of sp³-hybridized carbons (Fsp3) is 0.526. The molecule has 3 unspecified atom stereocenters. The van der Waals surface area contributed by atoms with E-state index in [1.165, 1.54) is 5.56 Å². The van der Waals surface area contributed by atoms with E-state index in [0.717, 1.165) is 6.42 Å². The Morgan fingerprint density at radius 2 is 1.84 bits per heavy atom. The molecule has 4 aliphatic rings. The zero-order valence-electron chi connectivity index (χ0n) is 13.5. The molecule has 130 valence electrons. The molecule has 25 heavy (non-hydrogen) atoms. The summed E-state index contributed by atoms with van der Waals surface area (Å²) < 4.78 is 16.0. The summed E-state index contributed by atoms with van der Waals surface area (Å²) in [5.41, 5.74) is 1.17. The topological polar surface area (TPSA) is 78.9 Å². The third kappa shape index (κ3) is 2.31. The van der Waals surface area contributed by atoms with E-state index in [-0.39, 0.29) is 42.5 Å². The highest BCUT2D eigenvalue weighted by atomic mass is 16.6. The second kappa shape index (κ2) is 5.39. The summed E-state index contributed by atoms with van der Waals surface area (Å²) in [6.45, 7) is 0.239. The maximum Gasteiger partial charge on any atom is 0.320 e. The minimum absolute atomic E-state index is 0.0393. The van der Waals surface area contributed by atoms with E-state index in [4.69, 9.17) is 14.2 Å². The standard InChI is InChI=1S/C19H18O6/c20-17(12-7-11(12)9-4-2-1-3-5-9)23-8-10-6-13-14-15(16(10)24-13)19(22)25-18(14)21/h1-5,10-16H,6-8H2/t10?,11-,12+,13+,14?,15?,16-/m0/s1. The third-order valence-corrected chi connectivity index (χ3v) is 5.98. The molecule has 1 aliphatic carbocycles. The average Bonchev–Trinajstić information content (AvgIpc) is 3.06. The number of carbonyl (C=O) groups excluding carboxylic acids is 3. The molecular formula is C19H18O6. The highest BCUT2D eigenvalue weighted by molar-refractivity contribution is 5.98. The fourth-order valence-electron chi connectivity index (χ4n) is 4.64. The number of carbonyl (C=O) groups is 3. The molecule has 2 bridgehead atoms. The second-order valence-electron chi connectivity index (χ2n) is 7.42. The molecule has 1 aromatic carbocycles. The van der Waals surface area contributed by atoms with E-state index in [0.29, 0.717) is 6.42 Å². The Morgan fingerprint density at radius 1 is 1.08 bits per heavy atom. The summed E-state index contributed by atoms with van der Waals surface area (Å²) in [6.07, 6.45) is 0.803. The lowest BCUT2D eigenvalue weighted by Crippen LogP contribution is -2.37. The predicted octanol–water partition coefficient (Wildman–Crippen LogP) is 1.44. The molecule has 4 fully saturated rings. The number of ether oxygens (including phenoxy) is 3. The lowest BCUT2D eigenvalue weighted by molar-refractivity contribution is -0.156. The molecule has 5 rings (SSSR count). The zero-order valence-corrected chi connectivity index (χ0v) is 13.5. The Morgan fingerprint density at radius 3 is 2.64 bits per heavy atom. The molecule has 0 amide bonds. The van der Waals surface area contributed by atoms with Crippen LogP contribution in [0.25, 0.3) is 0 Å². The van der Waals surface area contributed by atoms with Crippen molar-refractivity contribution in [2.24, 2.45) is 23.7 Å². The first-order valence-electron chi connectivity index (χ1n) is 8.76. The third-order valence-electron chi connectivity index (χ3n) is 5.98. The van der Waals surface area contributed by atoms with E-state index in [1.54, 1.807) is 0 Å². The molecule has 3 saturated heterocycles. The number of cyclic esters (lactones) is 2. The summed E-state index contributed by atoms with van der Waals surface area (Å²) in [5.74, 6) is -2.00. The van der Waals surface area contributed by atoms with Gasteiger partial charge in [0, 0.05) is 5.92 Å². The van der Waals surface area contributed by atoms with Crippen molar-refractivity contribution in [1.82, 2.24) is 0 Å². The van der Waals surface area contributed by atoms with Gasteiger partial charge in [-0.25, -0.2) is 0 Å². The van der Waals surface area contributed by atoms with Gasteiger partial charge in [-0.15, -0.1) is 0 Å². The lowest BCUT2D eigenvalue weighted by Gasteiger charge is -2.23. The van der Waals surface area contributed by atoms with E-state index >= 15 is 0 Å². The van der Waals surface area contributed by atoms with Gasteiger partial charge in [-0.1, -0.05) is 30.3 Å². The molecule has 0 radical (unpaired) electrons. The molecule has 7 atom stereocenters. The van der Waals surface area contributed by atoms with Crippen LogP contribution in [0.4, 0.5) is 0 Å². The van der Waals surface area contributed by atoms with Crippen LogP contribution in [0.2, 0.25) is 0 Å². The van der Waals surface area contributed by atoms with Crippen LogP contribution in [0.5, 0.6) is 0 Å². The molecule has 1 saturated carbocycles. The first-order chi connectivity index (χ1) is 12.1. The van der Waals surface area contributed by atoms with Crippen molar-refractivity contribution in [3.8, 4) is 0 Å². The molecule has 6 heteroatoms. The molecule has 0 N–H and O–H groups in total. The largest absolute Gasteiger partial charge is 0.465 e. The zero-order chi connectivity index (χ0) is 17.1. The van der Waals surface area contributed by atoms with Crippen LogP contribution in [-0.2, 0) is 28.6 Å². The summed E-state index contributed by atoms with van der Waals surface area (Å²) in [5, 5.41) is 0. The van der Waals surface area contributed by atoms with Gasteiger partial charge in [0.2, 0.25) is 0 Å². The first-order valence-corrected chi connectivity index (χ1v) is 8.76. The van der Waals surface area contributed by atoms with Crippen molar-refractivity contribution in [1.29, 1.82) is 0 Å². The van der Waals surface area contributed by atoms with Gasteiger partial charge in [-0.05, 0) is 24.3 Å². The van der Waals surface area contributed by atoms with E-state index < -0.39 is 23.8 Å². The number of esters is 3. The average molecular weight is 342 g/mol. The van der Waals surface area contributed by atoms with Crippen LogP contribution in [0.15, 0.2) is 30.3 Å². The number of hydrogen-bond acceptors (Lipinski definition) is 6. The second-order valence-corrected chi connectivity index (χ2v) is 7.42. The smallest absolute Gasteiger partial charge is 0.320 e. The van der Waals surface area contributed by atoms with Crippen LogP contribution in [0.1, 0.15) is 24.3 Å². The molecule has 0 aromatic heterocycles. The summed E-state index contributed by atoms with van der Waals surface area (Å²) in [7, 11) is 0. The molecule has 0 spiro atoms. The molecular weight excluding hydrogens is 324 g/mol. The maximum absolute atomic E-state index is 12.3. The highest BCUT2D eigenvalue weighted by Gasteiger charge is 2.64. The van der Waals surface area contributed by atoms with Crippen LogP contribution >= 0.6 is 0 Å². The quantitative estimate of drug-likeness (QED) is 0.608. The van der Waals surface area contributed by atoms with Crippen molar-refractivity contribution in [2.45, 2.75) is 31.0 Å². The maximum atomic E-state index is 12.3. The normalized spacial score (nSPS) is 40.7. The predicted molar refractivity (Wildman–Crippen MR) is 83.1 cm³/mol. The Hall–Kier alpha value is -2.21. The number of fused-ring (bicyclic) bond motifs is 5. The first kappa shape index (κ1) is 15.1. The lowest BCUT2D eigenvalue weighted by atomic mass is 9.75. The van der Waals surface area contributed by atoms with Crippen molar-refractivity contribution in [3.63, 3.8) is 0 Å². The van der Waals surface area contributed by atoms with Gasteiger partial charge in [0.25, 0.3) is 0 Å². The van der Waals surface area contributed by atoms with Gasteiger partial charge in [0.05, 0.1) is 36.6 Å². The van der Waals surface area contributed by atoms with E-state index in [2.05, 4.69) is 0 Å². The van der Waals surface area contributed by atoms with Crippen molar-refractivity contribution in [2.75, 3.05) is 6.61 Å². The van der Waals surface area contributed by atoms with Crippen LogP contribution in [0, 0.1) is 23.7 Å². The molecule has 1 aromatic rings. The van der Waals surface area contributed by atoms with Crippen molar-refractivity contribution >= 4 is 17.9 Å². The summed E-state index contributed by atoms with van der Waals surface area (Å²) >= 11 is 0. The van der Waals surface area contributed by atoms with Crippen LogP contribution < -0.4 is 0 Å². The number of benzene rings is 1. The van der Waals surface area contributed by atoms with Crippen LogP contribution in [-0.4, -0.2) is 36.7 Å². The van der Waals surface area contributed by atoms with Crippen LogP contribution in [0.3, 0.4) is 0 Å². The van der Waals surface area contributed by atoms with Gasteiger partial charge < -0.3 is 14.2 Å². The Balaban J connectivity index is 1.18. The SMILES string of the molecule is O=C1OC(=O)C2C1[C@H]1O[C@@H]2CC1COC(=O)[C@@H]1C[C@H]1c1ccccc1. The van der Waals surface area contributed by atoms with Crippen molar-refractivity contribution in [3.05, 3.63) is 35.9 Å². The summed E-state index contributed by atoms with van der Waals surface area (Å²) in [4.78, 5) is 35.8. The van der Waals surface area contributed by atoms with E-state index in [1.807, 2.05) is 30.3 Å². The summed E-state index contributed by atoms with van der Waals surface area (Å²) in [6, 6.07) is 9.97. The molecule has 3 aliphatic heterocycles. The van der Waals surface area contributed by atoms with Gasteiger partial charge in [0.15, 0.2) is 0 Å². The van der Waals surface area contributed by atoms with Gasteiger partial charge >= 0.3 is 17.9 Å². The monoisotopic (exact) mass is 342 g/mol. The molecule has 6 nitrogen and oxygen atoms in total. The van der Waals surface area contributed by atoms with Gasteiger partial charge in [-0.3, -0.25) is 14.4 Å². The highest BCUT2D eigenvalue weighted by Crippen LogP contribution is 2.51. The van der Waals surface area contributed by atoms with E-state index in [9.17, 15) is 14.4 Å². The van der Waals surface area contributed by atoms with Crippen molar-refractivity contribution < 1.29 is 28.6 Å². The van der Waals surface area contributed by atoms with Gasteiger partial charge in [0.1, 0.15) is 0 Å². The number of hydrogen-bond donors (Lipinski definition) is 0. The minimum Gasteiger partial charge on any atom is -0.465 e. The fourth-order valence-corrected chi connectivity index (χ4v) is 4.64. The number of rotatable bonds is 4. The molecule has 3 heterocycles.